The van der Waals surface area contributed by atoms with E-state index in [4.69, 9.17) is 11.6 Å². The minimum atomic E-state index is 0.123. The van der Waals surface area contributed by atoms with Gasteiger partial charge in [0, 0.05) is 0 Å². The van der Waals surface area contributed by atoms with Crippen molar-refractivity contribution in [1.82, 2.24) is 0 Å². The zero-order valence-electron chi connectivity index (χ0n) is 12.6. The van der Waals surface area contributed by atoms with E-state index in [2.05, 4.69) is 57.2 Å². The number of halogens is 1. The molecule has 0 heterocycles. The molecule has 3 rings (SSSR count). The van der Waals surface area contributed by atoms with Crippen LogP contribution in [0.2, 0.25) is 0 Å². The van der Waals surface area contributed by atoms with Crippen LogP contribution in [0, 0.1) is 18.3 Å². The standard InChI is InChI=1S/C19H23Cl/c1-13-10-11-16(15-8-5-4-7-14(13)15)18(20)17-9-6-12-19(17,2)3/h4-5,7-8,10-11,17-18H,6,9,12H2,1-3H3. The summed E-state index contributed by atoms with van der Waals surface area (Å²) in [6.45, 7) is 6.92. The molecule has 0 nitrogen and oxygen atoms in total. The maximum absolute atomic E-state index is 6.93. The third-order valence-corrected chi connectivity index (χ3v) is 5.71. The molecule has 2 unspecified atom stereocenters. The summed E-state index contributed by atoms with van der Waals surface area (Å²) in [5.74, 6) is 0.579. The fourth-order valence-electron chi connectivity index (χ4n) is 3.83. The molecule has 0 aliphatic heterocycles. The van der Waals surface area contributed by atoms with Gasteiger partial charge in [-0.1, -0.05) is 56.7 Å². The van der Waals surface area contributed by atoms with Crippen molar-refractivity contribution in [3.63, 3.8) is 0 Å². The van der Waals surface area contributed by atoms with Gasteiger partial charge in [0.2, 0.25) is 0 Å². The Morgan fingerprint density at radius 3 is 2.45 bits per heavy atom. The van der Waals surface area contributed by atoms with Crippen molar-refractivity contribution in [2.45, 2.75) is 45.4 Å². The molecule has 1 fully saturated rings. The number of fused-ring (bicyclic) bond motifs is 1. The number of benzene rings is 2. The minimum absolute atomic E-state index is 0.123. The first kappa shape index (κ1) is 13.9. The van der Waals surface area contributed by atoms with Gasteiger partial charge in [0.25, 0.3) is 0 Å². The molecule has 2 atom stereocenters. The van der Waals surface area contributed by atoms with Crippen LogP contribution >= 0.6 is 11.6 Å². The van der Waals surface area contributed by atoms with Gasteiger partial charge in [-0.05, 0) is 53.0 Å². The van der Waals surface area contributed by atoms with Gasteiger partial charge >= 0.3 is 0 Å². The van der Waals surface area contributed by atoms with Crippen molar-refractivity contribution in [2.75, 3.05) is 0 Å². The maximum atomic E-state index is 6.93. The van der Waals surface area contributed by atoms with Gasteiger partial charge in [0.05, 0.1) is 5.38 Å². The zero-order chi connectivity index (χ0) is 14.3. The van der Waals surface area contributed by atoms with E-state index >= 15 is 0 Å². The van der Waals surface area contributed by atoms with E-state index in [1.54, 1.807) is 0 Å². The molecular formula is C19H23Cl. The van der Waals surface area contributed by atoms with Gasteiger partial charge in [-0.15, -0.1) is 11.6 Å². The smallest absolute Gasteiger partial charge is 0.0624 e. The lowest BCUT2D eigenvalue weighted by molar-refractivity contribution is 0.252. The normalized spacial score (nSPS) is 23.1. The van der Waals surface area contributed by atoms with Crippen LogP contribution in [-0.2, 0) is 0 Å². The van der Waals surface area contributed by atoms with Gasteiger partial charge in [-0.3, -0.25) is 0 Å². The van der Waals surface area contributed by atoms with Gasteiger partial charge < -0.3 is 0 Å². The summed E-state index contributed by atoms with van der Waals surface area (Å²) < 4.78 is 0. The molecule has 0 aromatic heterocycles. The molecule has 1 saturated carbocycles. The van der Waals surface area contributed by atoms with Crippen molar-refractivity contribution in [2.24, 2.45) is 11.3 Å². The van der Waals surface area contributed by atoms with E-state index in [9.17, 15) is 0 Å². The molecule has 1 aliphatic carbocycles. The lowest BCUT2D eigenvalue weighted by Crippen LogP contribution is -2.21. The molecule has 0 radical (unpaired) electrons. The van der Waals surface area contributed by atoms with Gasteiger partial charge in [0.1, 0.15) is 0 Å². The van der Waals surface area contributed by atoms with Crippen molar-refractivity contribution in [3.8, 4) is 0 Å². The van der Waals surface area contributed by atoms with Crippen LogP contribution in [-0.4, -0.2) is 0 Å². The fourth-order valence-corrected chi connectivity index (χ4v) is 4.48. The van der Waals surface area contributed by atoms with E-state index in [-0.39, 0.29) is 5.38 Å². The van der Waals surface area contributed by atoms with Crippen LogP contribution in [0.5, 0.6) is 0 Å². The zero-order valence-corrected chi connectivity index (χ0v) is 13.4. The molecular weight excluding hydrogens is 264 g/mol. The third-order valence-electron chi connectivity index (χ3n) is 5.17. The van der Waals surface area contributed by atoms with Gasteiger partial charge in [0.15, 0.2) is 0 Å². The monoisotopic (exact) mass is 286 g/mol. The summed E-state index contributed by atoms with van der Waals surface area (Å²) in [7, 11) is 0. The molecule has 0 saturated heterocycles. The van der Waals surface area contributed by atoms with E-state index in [0.717, 1.165) is 0 Å². The lowest BCUT2D eigenvalue weighted by atomic mass is 9.77. The van der Waals surface area contributed by atoms with Crippen LogP contribution in [0.15, 0.2) is 36.4 Å². The van der Waals surface area contributed by atoms with Crippen LogP contribution in [0.3, 0.4) is 0 Å². The second-order valence-corrected chi connectivity index (χ2v) is 7.38. The van der Waals surface area contributed by atoms with Crippen molar-refractivity contribution in [1.29, 1.82) is 0 Å². The SMILES string of the molecule is Cc1ccc(C(Cl)C2CCCC2(C)C)c2ccccc12. The minimum Gasteiger partial charge on any atom is -0.117 e. The first-order chi connectivity index (χ1) is 9.50. The lowest BCUT2D eigenvalue weighted by Gasteiger charge is -2.31. The first-order valence-electron chi connectivity index (χ1n) is 7.63. The summed E-state index contributed by atoms with van der Waals surface area (Å²) in [5, 5.41) is 2.79. The molecule has 0 N–H and O–H groups in total. The van der Waals surface area contributed by atoms with Crippen LogP contribution in [0.25, 0.3) is 10.8 Å². The predicted molar refractivity (Wildman–Crippen MR) is 88.4 cm³/mol. The molecule has 1 aliphatic rings. The Hall–Kier alpha value is -1.01. The van der Waals surface area contributed by atoms with E-state index in [0.29, 0.717) is 11.3 Å². The highest BCUT2D eigenvalue weighted by molar-refractivity contribution is 6.22. The van der Waals surface area contributed by atoms with Gasteiger partial charge in [-0.25, -0.2) is 0 Å². The molecule has 2 aromatic carbocycles. The molecule has 0 spiro atoms. The number of rotatable bonds is 2. The van der Waals surface area contributed by atoms with E-state index < -0.39 is 0 Å². The molecule has 106 valence electrons. The Morgan fingerprint density at radius 2 is 1.80 bits per heavy atom. The molecule has 2 aromatic rings. The highest BCUT2D eigenvalue weighted by Gasteiger charge is 2.39. The summed E-state index contributed by atoms with van der Waals surface area (Å²) in [5.41, 5.74) is 3.00. The number of alkyl halides is 1. The molecule has 20 heavy (non-hydrogen) atoms. The fraction of sp³-hybridized carbons (Fsp3) is 0.474. The second kappa shape index (κ2) is 5.07. The summed E-state index contributed by atoms with van der Waals surface area (Å²) in [4.78, 5) is 0. The van der Waals surface area contributed by atoms with Crippen molar-refractivity contribution >= 4 is 22.4 Å². The van der Waals surface area contributed by atoms with Crippen molar-refractivity contribution < 1.29 is 0 Å². The highest BCUT2D eigenvalue weighted by atomic mass is 35.5. The van der Waals surface area contributed by atoms with Gasteiger partial charge in [-0.2, -0.15) is 0 Å². The average Bonchev–Trinajstić information content (AvgIpc) is 2.78. The average molecular weight is 287 g/mol. The number of aryl methyl sites for hydroxylation is 1. The van der Waals surface area contributed by atoms with Crippen molar-refractivity contribution in [3.05, 3.63) is 47.5 Å². The highest BCUT2D eigenvalue weighted by Crippen LogP contribution is 2.52. The van der Waals surface area contributed by atoms with Crippen LogP contribution in [0.1, 0.15) is 49.6 Å². The largest absolute Gasteiger partial charge is 0.117 e. The molecule has 1 heteroatoms. The maximum Gasteiger partial charge on any atom is 0.0624 e. The third kappa shape index (κ3) is 2.24. The van der Waals surface area contributed by atoms with Crippen LogP contribution < -0.4 is 0 Å². The second-order valence-electron chi connectivity index (χ2n) is 6.91. The summed E-state index contributed by atoms with van der Waals surface area (Å²) >= 11 is 6.93. The Labute approximate surface area is 127 Å². The topological polar surface area (TPSA) is 0 Å². The first-order valence-corrected chi connectivity index (χ1v) is 8.07. The summed E-state index contributed by atoms with van der Waals surface area (Å²) in [6, 6.07) is 13.1. The Balaban J connectivity index is 2.08. The Bertz CT molecular complexity index is 627. The quantitative estimate of drug-likeness (QED) is 0.572. The predicted octanol–water partition coefficient (Wildman–Crippen LogP) is 6.25. The number of hydrogen-bond donors (Lipinski definition) is 0. The Kier molecular flexibility index (Phi) is 3.54. The Morgan fingerprint density at radius 1 is 1.10 bits per heavy atom. The molecule has 0 amide bonds. The summed E-state index contributed by atoms with van der Waals surface area (Å²) in [6.07, 6.45) is 3.86. The van der Waals surface area contributed by atoms with Crippen LogP contribution in [0.4, 0.5) is 0 Å². The van der Waals surface area contributed by atoms with E-state index in [1.165, 1.54) is 41.2 Å². The number of hydrogen-bond acceptors (Lipinski definition) is 0. The molecule has 0 bridgehead atoms. The van der Waals surface area contributed by atoms with E-state index in [1.807, 2.05) is 0 Å².